The number of rotatable bonds is 3. The van der Waals surface area contributed by atoms with Crippen LogP contribution in [0.25, 0.3) is 0 Å². The number of nitrogens with two attached hydrogens (primary N) is 1. The summed E-state index contributed by atoms with van der Waals surface area (Å²) in [5.74, 6) is 0.104. The lowest BCUT2D eigenvalue weighted by molar-refractivity contribution is 0.154. The summed E-state index contributed by atoms with van der Waals surface area (Å²) in [6, 6.07) is 0. The quantitative estimate of drug-likeness (QED) is 0.850. The zero-order valence-corrected chi connectivity index (χ0v) is 12.1. The van der Waals surface area contributed by atoms with E-state index in [0.717, 1.165) is 30.9 Å². The number of aromatic nitrogens is 1. The van der Waals surface area contributed by atoms with Crippen molar-refractivity contribution in [3.8, 4) is 0 Å². The Hall–Kier alpha value is -0.860. The first-order chi connectivity index (χ1) is 9.00. The predicted molar refractivity (Wildman–Crippen MR) is 74.2 cm³/mol. The van der Waals surface area contributed by atoms with Gasteiger partial charge < -0.3 is 15.7 Å². The van der Waals surface area contributed by atoms with E-state index < -0.39 is 15.9 Å². The standard InChI is InChI=1S/C11H17N3O3S2/c12-10-9(19(16,17)8-3-4-8)11(18-13-10)14-5-1-2-7(15)6-14/h7-8,15H,1-6H2,(H2,12,13). The summed E-state index contributed by atoms with van der Waals surface area (Å²) in [6.07, 6.45) is 2.62. The average Bonchev–Trinajstić information content (AvgIpc) is 3.13. The van der Waals surface area contributed by atoms with Crippen molar-refractivity contribution in [1.82, 2.24) is 4.37 Å². The topological polar surface area (TPSA) is 96.5 Å². The van der Waals surface area contributed by atoms with Gasteiger partial charge in [0.2, 0.25) is 0 Å². The Labute approximate surface area is 116 Å². The summed E-state index contributed by atoms with van der Waals surface area (Å²) in [7, 11) is -3.35. The number of piperidine rings is 1. The van der Waals surface area contributed by atoms with Crippen LogP contribution in [-0.2, 0) is 9.84 Å². The highest BCUT2D eigenvalue weighted by Gasteiger charge is 2.41. The summed E-state index contributed by atoms with van der Waals surface area (Å²) in [5.41, 5.74) is 5.77. The molecule has 1 unspecified atom stereocenters. The molecule has 1 aromatic heterocycles. The molecule has 3 N–H and O–H groups in total. The van der Waals surface area contributed by atoms with Crippen LogP contribution in [0, 0.1) is 0 Å². The lowest BCUT2D eigenvalue weighted by Gasteiger charge is -2.31. The lowest BCUT2D eigenvalue weighted by Crippen LogP contribution is -2.38. The van der Waals surface area contributed by atoms with Crippen molar-refractivity contribution >= 4 is 32.2 Å². The smallest absolute Gasteiger partial charge is 0.187 e. The van der Waals surface area contributed by atoms with E-state index in [9.17, 15) is 13.5 Å². The van der Waals surface area contributed by atoms with E-state index >= 15 is 0 Å². The van der Waals surface area contributed by atoms with Gasteiger partial charge in [0.15, 0.2) is 15.7 Å². The predicted octanol–water partition coefficient (Wildman–Crippen LogP) is 0.623. The summed E-state index contributed by atoms with van der Waals surface area (Å²) >= 11 is 1.12. The highest BCUT2D eigenvalue weighted by Crippen LogP contribution is 2.43. The molecule has 3 rings (SSSR count). The summed E-state index contributed by atoms with van der Waals surface area (Å²) in [4.78, 5) is 2.09. The molecular weight excluding hydrogens is 286 g/mol. The Kier molecular flexibility index (Phi) is 3.18. The van der Waals surface area contributed by atoms with Gasteiger partial charge in [-0.2, -0.15) is 4.37 Å². The van der Waals surface area contributed by atoms with Crippen molar-refractivity contribution < 1.29 is 13.5 Å². The van der Waals surface area contributed by atoms with E-state index in [0.29, 0.717) is 24.4 Å². The highest BCUT2D eigenvalue weighted by atomic mass is 32.2. The third-order valence-electron chi connectivity index (χ3n) is 3.59. The number of sulfone groups is 1. The van der Waals surface area contributed by atoms with Gasteiger partial charge in [-0.3, -0.25) is 0 Å². The van der Waals surface area contributed by atoms with E-state index in [4.69, 9.17) is 5.73 Å². The molecule has 1 aromatic rings. The van der Waals surface area contributed by atoms with Crippen LogP contribution >= 0.6 is 11.5 Å². The molecule has 1 aliphatic heterocycles. The van der Waals surface area contributed by atoms with Crippen LogP contribution in [0.3, 0.4) is 0 Å². The SMILES string of the molecule is Nc1nsc(N2CCCC(O)C2)c1S(=O)(=O)C1CC1. The Bertz CT molecular complexity index is 580. The Balaban J connectivity index is 1.98. The molecule has 6 nitrogen and oxygen atoms in total. The van der Waals surface area contributed by atoms with Crippen molar-refractivity contribution in [3.05, 3.63) is 0 Å². The zero-order valence-electron chi connectivity index (χ0n) is 10.4. The monoisotopic (exact) mass is 303 g/mol. The summed E-state index contributed by atoms with van der Waals surface area (Å²) in [5, 5.41) is 10.0. The van der Waals surface area contributed by atoms with E-state index in [1.165, 1.54) is 0 Å². The maximum atomic E-state index is 12.4. The van der Waals surface area contributed by atoms with Gasteiger partial charge in [0, 0.05) is 13.1 Å². The minimum Gasteiger partial charge on any atom is -0.391 e. The van der Waals surface area contributed by atoms with Crippen molar-refractivity contribution in [3.63, 3.8) is 0 Å². The summed E-state index contributed by atoms with van der Waals surface area (Å²) < 4.78 is 28.8. The number of anilines is 2. The first kappa shape index (κ1) is 13.1. The third kappa shape index (κ3) is 2.32. The molecule has 1 atom stereocenters. The van der Waals surface area contributed by atoms with Crippen LogP contribution < -0.4 is 10.6 Å². The van der Waals surface area contributed by atoms with Crippen LogP contribution in [0.15, 0.2) is 4.90 Å². The molecular formula is C11H17N3O3S2. The molecule has 1 aliphatic carbocycles. The Morgan fingerprint density at radius 1 is 1.37 bits per heavy atom. The van der Waals surface area contributed by atoms with E-state index in [1.807, 2.05) is 4.90 Å². The van der Waals surface area contributed by atoms with Gasteiger partial charge in [0.1, 0.15) is 9.90 Å². The van der Waals surface area contributed by atoms with Gasteiger partial charge in [-0.05, 0) is 37.2 Å². The number of aliphatic hydroxyl groups is 1. The number of nitrogens with zero attached hydrogens (tertiary/aromatic N) is 2. The molecule has 0 amide bonds. The van der Waals surface area contributed by atoms with Crippen LogP contribution in [0.2, 0.25) is 0 Å². The zero-order chi connectivity index (χ0) is 13.6. The van der Waals surface area contributed by atoms with Crippen LogP contribution in [0.1, 0.15) is 25.7 Å². The first-order valence-electron chi connectivity index (χ1n) is 6.42. The molecule has 19 heavy (non-hydrogen) atoms. The molecule has 106 valence electrons. The molecule has 0 spiro atoms. The minimum absolute atomic E-state index is 0.104. The largest absolute Gasteiger partial charge is 0.391 e. The molecule has 0 aromatic carbocycles. The molecule has 8 heteroatoms. The normalized spacial score (nSPS) is 24.7. The number of β-amino-alcohol motifs (C(OH)–C–C–N with tert-alkyl or cyclic N) is 1. The highest BCUT2D eigenvalue weighted by molar-refractivity contribution is 7.92. The fourth-order valence-electron chi connectivity index (χ4n) is 2.44. The fourth-order valence-corrected chi connectivity index (χ4v) is 5.50. The van der Waals surface area contributed by atoms with E-state index in [-0.39, 0.29) is 16.0 Å². The van der Waals surface area contributed by atoms with Crippen molar-refractivity contribution in [2.75, 3.05) is 23.7 Å². The van der Waals surface area contributed by atoms with E-state index in [2.05, 4.69) is 4.37 Å². The Morgan fingerprint density at radius 2 is 2.11 bits per heavy atom. The first-order valence-corrected chi connectivity index (χ1v) is 8.74. The second-order valence-corrected chi connectivity index (χ2v) is 8.11. The molecule has 0 radical (unpaired) electrons. The number of hydrogen-bond acceptors (Lipinski definition) is 7. The van der Waals surface area contributed by atoms with Gasteiger partial charge in [-0.1, -0.05) is 0 Å². The number of hydrogen-bond donors (Lipinski definition) is 2. The molecule has 2 aliphatic rings. The third-order valence-corrected chi connectivity index (χ3v) is 6.96. The maximum absolute atomic E-state index is 12.4. The van der Waals surface area contributed by atoms with Gasteiger partial charge >= 0.3 is 0 Å². The summed E-state index contributed by atoms with van der Waals surface area (Å²) in [6.45, 7) is 1.20. The molecule has 2 heterocycles. The van der Waals surface area contributed by atoms with Gasteiger partial charge in [-0.25, -0.2) is 8.42 Å². The maximum Gasteiger partial charge on any atom is 0.187 e. The second kappa shape index (κ2) is 4.60. The van der Waals surface area contributed by atoms with Crippen LogP contribution in [-0.4, -0.2) is 42.3 Å². The average molecular weight is 303 g/mol. The van der Waals surface area contributed by atoms with Crippen LogP contribution in [0.4, 0.5) is 10.8 Å². The van der Waals surface area contributed by atoms with Crippen molar-refractivity contribution in [2.24, 2.45) is 0 Å². The Morgan fingerprint density at radius 3 is 2.74 bits per heavy atom. The van der Waals surface area contributed by atoms with Crippen LogP contribution in [0.5, 0.6) is 0 Å². The number of aliphatic hydroxyl groups excluding tert-OH is 1. The van der Waals surface area contributed by atoms with Crippen molar-refractivity contribution in [1.29, 1.82) is 0 Å². The molecule has 2 fully saturated rings. The fraction of sp³-hybridized carbons (Fsp3) is 0.727. The van der Waals surface area contributed by atoms with Gasteiger partial charge in [0.25, 0.3) is 0 Å². The van der Waals surface area contributed by atoms with E-state index in [1.54, 1.807) is 0 Å². The van der Waals surface area contributed by atoms with Crippen molar-refractivity contribution in [2.45, 2.75) is 41.9 Å². The molecule has 1 saturated heterocycles. The van der Waals surface area contributed by atoms with Gasteiger partial charge in [0.05, 0.1) is 11.4 Å². The molecule has 0 bridgehead atoms. The molecule has 1 saturated carbocycles. The van der Waals surface area contributed by atoms with Gasteiger partial charge in [-0.15, -0.1) is 0 Å². The number of nitrogen functional groups attached to an aromatic ring is 1. The second-order valence-electron chi connectivity index (χ2n) is 5.19. The minimum atomic E-state index is -3.35. The lowest BCUT2D eigenvalue weighted by atomic mass is 10.1.